The predicted molar refractivity (Wildman–Crippen MR) is 116 cm³/mol. The minimum Gasteiger partial charge on any atom is -0.355 e. The molecule has 0 fully saturated rings. The number of hydrogen-bond donors (Lipinski definition) is 3. The maximum absolute atomic E-state index is 12.6. The van der Waals surface area contributed by atoms with E-state index in [1.165, 1.54) is 0 Å². The van der Waals surface area contributed by atoms with E-state index in [2.05, 4.69) is 30.7 Å². The minimum absolute atomic E-state index is 0.0172. The summed E-state index contributed by atoms with van der Waals surface area (Å²) in [4.78, 5) is 15.8. The van der Waals surface area contributed by atoms with Crippen LogP contribution in [0, 0.1) is 0 Å². The van der Waals surface area contributed by atoms with Crippen molar-refractivity contribution in [1.82, 2.24) is 25.4 Å². The maximum atomic E-state index is 12.6. The Labute approximate surface area is 172 Å². The van der Waals surface area contributed by atoms with Gasteiger partial charge < -0.3 is 10.3 Å². The summed E-state index contributed by atoms with van der Waals surface area (Å²) in [6.45, 7) is 0. The Balaban J connectivity index is 1.33. The van der Waals surface area contributed by atoms with Crippen molar-refractivity contribution in [1.29, 1.82) is 0 Å². The van der Waals surface area contributed by atoms with Gasteiger partial charge in [0.2, 0.25) is 0 Å². The van der Waals surface area contributed by atoms with Gasteiger partial charge >= 0.3 is 0 Å². The summed E-state index contributed by atoms with van der Waals surface area (Å²) in [5.74, 6) is 0.0172. The first-order valence-corrected chi connectivity index (χ1v) is 9.52. The number of nitrogens with zero attached hydrogens (tertiary/aromatic N) is 3. The Morgan fingerprint density at radius 2 is 1.77 bits per heavy atom. The molecule has 146 valence electrons. The summed E-state index contributed by atoms with van der Waals surface area (Å²) in [6, 6.07) is 17.8. The number of Topliss-reactive ketones (excluding diaryl/α,β-unsaturated/α-hetero) is 1. The largest absolute Gasteiger partial charge is 0.355 e. The molecule has 0 unspecified atom stereocenters. The van der Waals surface area contributed by atoms with Gasteiger partial charge in [0.15, 0.2) is 5.78 Å². The van der Waals surface area contributed by atoms with Crippen molar-refractivity contribution in [2.24, 2.45) is 0 Å². The van der Waals surface area contributed by atoms with Crippen molar-refractivity contribution < 1.29 is 4.79 Å². The normalized spacial score (nSPS) is 10.9. The molecule has 0 saturated heterocycles. The van der Waals surface area contributed by atoms with E-state index >= 15 is 0 Å². The van der Waals surface area contributed by atoms with Crippen LogP contribution >= 0.6 is 0 Å². The van der Waals surface area contributed by atoms with Crippen LogP contribution in [-0.2, 0) is 6.42 Å². The van der Waals surface area contributed by atoms with Gasteiger partial charge in [-0.1, -0.05) is 18.2 Å². The van der Waals surface area contributed by atoms with E-state index in [0.717, 1.165) is 39.0 Å². The van der Waals surface area contributed by atoms with E-state index in [9.17, 15) is 4.79 Å². The number of carbonyl (C=O) groups is 1. The number of benzene rings is 2. The third kappa shape index (κ3) is 3.68. The number of aromatic amines is 2. The molecule has 7 heteroatoms. The fourth-order valence-electron chi connectivity index (χ4n) is 3.38. The van der Waals surface area contributed by atoms with Gasteiger partial charge in [-0.05, 0) is 47.5 Å². The second kappa shape index (κ2) is 7.63. The van der Waals surface area contributed by atoms with Crippen molar-refractivity contribution in [2.75, 3.05) is 5.32 Å². The Hall–Kier alpha value is -4.26. The van der Waals surface area contributed by atoms with Crippen LogP contribution in [0.3, 0.4) is 0 Å². The topological polar surface area (TPSA) is 99.3 Å². The summed E-state index contributed by atoms with van der Waals surface area (Å²) in [6.07, 6.45) is 7.15. The molecule has 3 N–H and O–H groups in total. The van der Waals surface area contributed by atoms with Gasteiger partial charge in [-0.3, -0.25) is 9.89 Å². The Morgan fingerprint density at radius 1 is 0.900 bits per heavy atom. The number of fused-ring (bicyclic) bond motifs is 1. The van der Waals surface area contributed by atoms with E-state index in [1.54, 1.807) is 24.7 Å². The second-order valence-corrected chi connectivity index (χ2v) is 7.03. The lowest BCUT2D eigenvalue weighted by Gasteiger charge is -2.07. The average molecular weight is 394 g/mol. The van der Waals surface area contributed by atoms with Gasteiger partial charge in [-0.2, -0.15) is 15.3 Å². The monoisotopic (exact) mass is 394 g/mol. The SMILES string of the molecule is O=C(Cc1ccnnc1)c1cc2ccc(Nc3ccc(-c4cn[nH]c4)cc3)cc2[nH]1. The number of H-pyrrole nitrogens is 2. The molecule has 7 nitrogen and oxygen atoms in total. The molecule has 3 heterocycles. The zero-order chi connectivity index (χ0) is 20.3. The Bertz CT molecular complexity index is 1290. The van der Waals surface area contributed by atoms with Crippen molar-refractivity contribution in [3.63, 3.8) is 0 Å². The number of nitrogens with one attached hydrogen (secondary N) is 3. The first-order chi connectivity index (χ1) is 14.7. The van der Waals surface area contributed by atoms with Crippen LogP contribution in [0.4, 0.5) is 11.4 Å². The average Bonchev–Trinajstić information content (AvgIpc) is 3.45. The van der Waals surface area contributed by atoms with Gasteiger partial charge in [0.05, 0.1) is 18.1 Å². The maximum Gasteiger partial charge on any atom is 0.183 e. The lowest BCUT2D eigenvalue weighted by Crippen LogP contribution is -2.04. The summed E-state index contributed by atoms with van der Waals surface area (Å²) >= 11 is 0. The quantitative estimate of drug-likeness (QED) is 0.368. The molecule has 5 rings (SSSR count). The van der Waals surface area contributed by atoms with E-state index in [0.29, 0.717) is 5.69 Å². The Kier molecular flexibility index (Phi) is 4.53. The smallest absolute Gasteiger partial charge is 0.183 e. The van der Waals surface area contributed by atoms with Gasteiger partial charge in [0.25, 0.3) is 0 Å². The second-order valence-electron chi connectivity index (χ2n) is 7.03. The Morgan fingerprint density at radius 3 is 2.53 bits per heavy atom. The van der Waals surface area contributed by atoms with Crippen LogP contribution in [0.15, 0.2) is 79.4 Å². The van der Waals surface area contributed by atoms with Crippen LogP contribution < -0.4 is 5.32 Å². The summed E-state index contributed by atoms with van der Waals surface area (Å²) in [5.41, 5.74) is 6.41. The molecule has 0 aliphatic rings. The summed E-state index contributed by atoms with van der Waals surface area (Å²) in [7, 11) is 0. The zero-order valence-corrected chi connectivity index (χ0v) is 16.0. The molecule has 0 bridgehead atoms. The minimum atomic E-state index is 0.0172. The molecule has 3 aromatic heterocycles. The molecular formula is C23H18N6O. The van der Waals surface area contributed by atoms with E-state index in [1.807, 2.05) is 54.7 Å². The van der Waals surface area contributed by atoms with E-state index in [-0.39, 0.29) is 12.2 Å². The van der Waals surface area contributed by atoms with E-state index in [4.69, 9.17) is 0 Å². The number of hydrogen-bond acceptors (Lipinski definition) is 5. The van der Waals surface area contributed by atoms with Crippen molar-refractivity contribution in [3.8, 4) is 11.1 Å². The van der Waals surface area contributed by atoms with Crippen molar-refractivity contribution in [3.05, 3.63) is 90.6 Å². The first kappa shape index (κ1) is 17.8. The van der Waals surface area contributed by atoms with Gasteiger partial charge in [-0.25, -0.2) is 0 Å². The highest BCUT2D eigenvalue weighted by molar-refractivity contribution is 6.01. The number of ketones is 1. The molecule has 30 heavy (non-hydrogen) atoms. The molecule has 0 aliphatic heterocycles. The fraction of sp³-hybridized carbons (Fsp3) is 0.0435. The van der Waals surface area contributed by atoms with Crippen LogP contribution in [0.5, 0.6) is 0 Å². The van der Waals surface area contributed by atoms with Crippen LogP contribution in [-0.4, -0.2) is 31.2 Å². The number of aromatic nitrogens is 5. The molecule has 0 amide bonds. The van der Waals surface area contributed by atoms with Crippen LogP contribution in [0.2, 0.25) is 0 Å². The van der Waals surface area contributed by atoms with Gasteiger partial charge in [0.1, 0.15) is 0 Å². The predicted octanol–water partition coefficient (Wildman–Crippen LogP) is 4.52. The zero-order valence-electron chi connectivity index (χ0n) is 16.0. The van der Waals surface area contributed by atoms with E-state index < -0.39 is 0 Å². The number of rotatable bonds is 6. The molecular weight excluding hydrogens is 376 g/mol. The van der Waals surface area contributed by atoms with Crippen LogP contribution in [0.25, 0.3) is 22.0 Å². The molecule has 0 saturated carbocycles. The van der Waals surface area contributed by atoms with Crippen molar-refractivity contribution >= 4 is 28.1 Å². The molecule has 2 aromatic carbocycles. The van der Waals surface area contributed by atoms with Gasteiger partial charge in [-0.15, -0.1) is 0 Å². The van der Waals surface area contributed by atoms with Crippen molar-refractivity contribution in [2.45, 2.75) is 6.42 Å². The number of anilines is 2. The highest BCUT2D eigenvalue weighted by atomic mass is 16.1. The lowest BCUT2D eigenvalue weighted by molar-refractivity contribution is 0.0989. The molecule has 5 aromatic rings. The number of carbonyl (C=O) groups excluding carboxylic acids is 1. The fourth-order valence-corrected chi connectivity index (χ4v) is 3.38. The summed E-state index contributed by atoms with van der Waals surface area (Å²) < 4.78 is 0. The summed E-state index contributed by atoms with van der Waals surface area (Å²) in [5, 5.41) is 18.8. The molecule has 0 spiro atoms. The highest BCUT2D eigenvalue weighted by Crippen LogP contribution is 2.25. The molecule has 0 radical (unpaired) electrons. The first-order valence-electron chi connectivity index (χ1n) is 9.52. The van der Waals surface area contributed by atoms with Gasteiger partial charge in [0, 0.05) is 46.7 Å². The molecule has 0 aliphatic carbocycles. The highest BCUT2D eigenvalue weighted by Gasteiger charge is 2.11. The lowest BCUT2D eigenvalue weighted by atomic mass is 10.1. The third-order valence-corrected chi connectivity index (χ3v) is 4.94. The standard InChI is InChI=1S/C23H18N6O/c30-23(9-15-7-8-24-25-12-15)22-10-17-3-6-20(11-21(17)29-22)28-19-4-1-16(2-5-19)18-13-26-27-14-18/h1-8,10-14,28-29H,9H2,(H,26,27). The molecule has 0 atom stereocenters. The third-order valence-electron chi connectivity index (χ3n) is 4.94. The van der Waals surface area contributed by atoms with Crippen LogP contribution in [0.1, 0.15) is 16.1 Å².